The largest absolute Gasteiger partial charge is 0.465 e. The van der Waals surface area contributed by atoms with E-state index in [-0.39, 0.29) is 5.97 Å². The van der Waals surface area contributed by atoms with Crippen molar-refractivity contribution in [2.75, 3.05) is 7.11 Å². The van der Waals surface area contributed by atoms with Crippen LogP contribution in [0.3, 0.4) is 0 Å². The van der Waals surface area contributed by atoms with Gasteiger partial charge in [-0.2, -0.15) is 0 Å². The highest BCUT2D eigenvalue weighted by molar-refractivity contribution is 7.47. The van der Waals surface area contributed by atoms with Gasteiger partial charge in [0.2, 0.25) is 0 Å². The van der Waals surface area contributed by atoms with E-state index in [0.29, 0.717) is 5.56 Å². The zero-order chi connectivity index (χ0) is 17.8. The van der Waals surface area contributed by atoms with Gasteiger partial charge in [-0.05, 0) is 17.7 Å². The first-order valence-corrected chi connectivity index (χ1v) is 15.3. The number of rotatable bonds is 5. The third-order valence-corrected chi connectivity index (χ3v) is 22.2. The number of ether oxygens (including phenoxy) is 1. The van der Waals surface area contributed by atoms with Gasteiger partial charge in [0.1, 0.15) is 0 Å². The van der Waals surface area contributed by atoms with Crippen LogP contribution in [0, 0.1) is 0 Å². The first-order valence-electron chi connectivity index (χ1n) is 8.21. The standard InChI is InChI=1S/C20H26O2Si2/c1-22-20(21)18-13-11-17(12-14-18)15-16-23(2,3)24(4,5)19-9-7-6-8-10-19/h6-16H,1-5H3/b16-15-. The van der Waals surface area contributed by atoms with E-state index < -0.39 is 15.2 Å². The van der Waals surface area contributed by atoms with Gasteiger partial charge < -0.3 is 4.74 Å². The third-order valence-electron chi connectivity index (χ3n) is 5.13. The molecule has 0 heterocycles. The molecule has 0 radical (unpaired) electrons. The van der Waals surface area contributed by atoms with Crippen LogP contribution in [0.5, 0.6) is 0 Å². The van der Waals surface area contributed by atoms with Crippen molar-refractivity contribution in [1.82, 2.24) is 0 Å². The number of hydrogen-bond donors (Lipinski definition) is 0. The van der Waals surface area contributed by atoms with Gasteiger partial charge in [0.25, 0.3) is 0 Å². The quantitative estimate of drug-likeness (QED) is 0.586. The van der Waals surface area contributed by atoms with Gasteiger partial charge in [0.05, 0.1) is 27.9 Å². The van der Waals surface area contributed by atoms with Crippen LogP contribution in [0.4, 0.5) is 0 Å². The van der Waals surface area contributed by atoms with Crippen molar-refractivity contribution in [2.24, 2.45) is 0 Å². The number of carbonyl (C=O) groups excluding carboxylic acids is 1. The SMILES string of the molecule is COC(=O)c1ccc(/C=C\[Si](C)(C)[Si](C)(C)c2ccccc2)cc1. The van der Waals surface area contributed by atoms with Crippen LogP contribution in [0.1, 0.15) is 15.9 Å². The molecular weight excluding hydrogens is 328 g/mol. The molecule has 2 rings (SSSR count). The van der Waals surface area contributed by atoms with Crippen LogP contribution >= 0.6 is 0 Å². The summed E-state index contributed by atoms with van der Waals surface area (Å²) in [5.41, 5.74) is 4.16. The molecule has 0 aliphatic heterocycles. The fraction of sp³-hybridized carbons (Fsp3) is 0.250. The van der Waals surface area contributed by atoms with Crippen molar-refractivity contribution < 1.29 is 9.53 Å². The minimum atomic E-state index is -1.53. The molecule has 126 valence electrons. The van der Waals surface area contributed by atoms with Crippen molar-refractivity contribution in [3.05, 3.63) is 71.4 Å². The average Bonchev–Trinajstić information content (AvgIpc) is 2.60. The topological polar surface area (TPSA) is 26.3 Å². The van der Waals surface area contributed by atoms with E-state index in [0.717, 1.165) is 5.56 Å². The Hall–Kier alpha value is -1.92. The summed E-state index contributed by atoms with van der Waals surface area (Å²) in [4.78, 5) is 11.5. The Balaban J connectivity index is 2.22. The van der Waals surface area contributed by atoms with Crippen LogP contribution in [0.15, 0.2) is 60.3 Å². The van der Waals surface area contributed by atoms with E-state index >= 15 is 0 Å². The number of esters is 1. The van der Waals surface area contributed by atoms with Gasteiger partial charge in [0, 0.05) is 0 Å². The Morgan fingerprint density at radius 2 is 1.50 bits per heavy atom. The van der Waals surface area contributed by atoms with Crippen LogP contribution in [0.25, 0.3) is 6.08 Å². The number of hydrogen-bond acceptors (Lipinski definition) is 2. The normalized spacial score (nSPS) is 12.4. The molecule has 4 heteroatoms. The molecule has 0 spiro atoms. The monoisotopic (exact) mass is 354 g/mol. The first-order chi connectivity index (χ1) is 11.3. The van der Waals surface area contributed by atoms with Crippen LogP contribution in [-0.4, -0.2) is 28.3 Å². The van der Waals surface area contributed by atoms with E-state index in [1.807, 2.05) is 24.3 Å². The third kappa shape index (κ3) is 3.94. The van der Waals surface area contributed by atoms with Gasteiger partial charge in [-0.25, -0.2) is 4.79 Å². The maximum atomic E-state index is 11.5. The van der Waals surface area contributed by atoms with E-state index in [1.54, 1.807) is 0 Å². The van der Waals surface area contributed by atoms with Crippen LogP contribution in [0.2, 0.25) is 26.2 Å². The Morgan fingerprint density at radius 1 is 0.917 bits per heavy atom. The molecule has 0 bridgehead atoms. The summed E-state index contributed by atoms with van der Waals surface area (Å²) >= 11 is 0. The molecule has 0 aliphatic rings. The van der Waals surface area contributed by atoms with Crippen LogP contribution in [-0.2, 0) is 4.74 Å². The number of carbonyl (C=O) groups is 1. The first kappa shape index (κ1) is 18.4. The van der Waals surface area contributed by atoms with E-state index in [2.05, 4.69) is 68.3 Å². The zero-order valence-corrected chi connectivity index (χ0v) is 17.2. The summed E-state index contributed by atoms with van der Waals surface area (Å²) in [5.74, 6) is -0.294. The molecule has 24 heavy (non-hydrogen) atoms. The molecule has 0 saturated carbocycles. The minimum Gasteiger partial charge on any atom is -0.465 e. The smallest absolute Gasteiger partial charge is 0.337 e. The summed E-state index contributed by atoms with van der Waals surface area (Å²) in [7, 11) is -1.64. The molecule has 2 aromatic carbocycles. The second kappa shape index (κ2) is 7.32. The summed E-state index contributed by atoms with van der Waals surface area (Å²) in [6.07, 6.45) is 2.21. The molecule has 0 atom stereocenters. The lowest BCUT2D eigenvalue weighted by molar-refractivity contribution is 0.0600. The number of benzene rings is 2. The maximum absolute atomic E-state index is 11.5. The lowest BCUT2D eigenvalue weighted by Gasteiger charge is -2.36. The van der Waals surface area contributed by atoms with Crippen molar-refractivity contribution in [3.8, 4) is 0 Å². The molecule has 2 nitrogen and oxygen atoms in total. The molecular formula is C20H26O2Si2. The van der Waals surface area contributed by atoms with E-state index in [4.69, 9.17) is 4.74 Å². The van der Waals surface area contributed by atoms with Gasteiger partial charge in [-0.1, -0.05) is 85.6 Å². The Bertz CT molecular complexity index is 717. The molecule has 0 aromatic heterocycles. The fourth-order valence-electron chi connectivity index (χ4n) is 2.59. The predicted molar refractivity (Wildman–Crippen MR) is 108 cm³/mol. The van der Waals surface area contributed by atoms with Gasteiger partial charge in [-0.3, -0.25) is 0 Å². The predicted octanol–water partition coefficient (Wildman–Crippen LogP) is 4.43. The average molecular weight is 355 g/mol. The van der Waals surface area contributed by atoms with Gasteiger partial charge >= 0.3 is 5.97 Å². The van der Waals surface area contributed by atoms with Crippen molar-refractivity contribution in [2.45, 2.75) is 26.2 Å². The Morgan fingerprint density at radius 3 is 2.04 bits per heavy atom. The fourth-order valence-corrected chi connectivity index (χ4v) is 9.62. The van der Waals surface area contributed by atoms with Crippen molar-refractivity contribution >= 4 is 32.4 Å². The number of methoxy groups -OCH3 is 1. The molecule has 0 amide bonds. The summed E-state index contributed by atoms with van der Waals surface area (Å²) in [5, 5.41) is 1.52. The molecule has 0 saturated heterocycles. The van der Waals surface area contributed by atoms with Crippen LogP contribution < -0.4 is 5.19 Å². The second-order valence-electron chi connectivity index (χ2n) is 7.16. The molecule has 0 unspecified atom stereocenters. The summed E-state index contributed by atoms with van der Waals surface area (Å²) in [6.45, 7) is 9.84. The molecule has 0 N–H and O–H groups in total. The summed E-state index contributed by atoms with van der Waals surface area (Å²) < 4.78 is 4.74. The lowest BCUT2D eigenvalue weighted by Crippen LogP contribution is -2.61. The minimum absolute atomic E-state index is 0.294. The maximum Gasteiger partial charge on any atom is 0.337 e. The van der Waals surface area contributed by atoms with Crippen molar-refractivity contribution in [1.29, 1.82) is 0 Å². The highest BCUT2D eigenvalue weighted by atomic mass is 29.3. The molecule has 0 aliphatic carbocycles. The van der Waals surface area contributed by atoms with E-state index in [1.165, 1.54) is 12.3 Å². The second-order valence-corrected chi connectivity index (χ2v) is 22.4. The Labute approximate surface area is 147 Å². The van der Waals surface area contributed by atoms with Crippen molar-refractivity contribution in [3.63, 3.8) is 0 Å². The molecule has 0 fully saturated rings. The Kier molecular flexibility index (Phi) is 5.62. The lowest BCUT2D eigenvalue weighted by atomic mass is 10.1. The van der Waals surface area contributed by atoms with E-state index in [9.17, 15) is 4.79 Å². The summed E-state index contributed by atoms with van der Waals surface area (Å²) in [6, 6.07) is 18.5. The van der Waals surface area contributed by atoms with Gasteiger partial charge in [-0.15, -0.1) is 0 Å². The molecule has 2 aromatic rings. The van der Waals surface area contributed by atoms with Gasteiger partial charge in [0.15, 0.2) is 0 Å². The highest BCUT2D eigenvalue weighted by Crippen LogP contribution is 2.22. The highest BCUT2D eigenvalue weighted by Gasteiger charge is 2.40. The zero-order valence-electron chi connectivity index (χ0n) is 15.2.